The zero-order chi connectivity index (χ0) is 14.8. The average molecular weight is 332 g/mol. The average Bonchev–Trinajstić information content (AvgIpc) is 2.96. The Morgan fingerprint density at radius 2 is 1.73 bits per heavy atom. The van der Waals surface area contributed by atoms with Gasteiger partial charge >= 0.3 is 0 Å². The molecule has 0 aromatic heterocycles. The molecule has 2 fully saturated rings. The summed E-state index contributed by atoms with van der Waals surface area (Å²) in [6, 6.07) is 3.34. The Labute approximate surface area is 134 Å². The standard InChI is InChI=1S/C15H19F2N3O.ClH/c16-12-7-11(8-13(17)9-12)15(21)20-4-1-14(10-20)19-5-2-18-3-6-19;/h7-9,14,18H,1-6,10H2;1H. The molecule has 1 N–H and O–H groups in total. The Balaban J connectivity index is 0.00000176. The maximum atomic E-state index is 13.2. The van der Waals surface area contributed by atoms with Crippen molar-refractivity contribution in [1.29, 1.82) is 0 Å². The third kappa shape index (κ3) is 3.74. The lowest BCUT2D eigenvalue weighted by atomic mass is 10.2. The summed E-state index contributed by atoms with van der Waals surface area (Å²) in [5.41, 5.74) is 0.0912. The van der Waals surface area contributed by atoms with Crippen LogP contribution in [0.3, 0.4) is 0 Å². The van der Waals surface area contributed by atoms with Crippen LogP contribution in [0.15, 0.2) is 18.2 Å². The quantitative estimate of drug-likeness (QED) is 0.892. The van der Waals surface area contributed by atoms with Gasteiger partial charge in [-0.2, -0.15) is 0 Å². The summed E-state index contributed by atoms with van der Waals surface area (Å²) in [6.45, 7) is 5.20. The van der Waals surface area contributed by atoms with Crippen LogP contribution in [0.4, 0.5) is 8.78 Å². The molecular weight excluding hydrogens is 312 g/mol. The van der Waals surface area contributed by atoms with E-state index in [0.29, 0.717) is 19.1 Å². The molecular formula is C15H20ClF2N3O. The van der Waals surface area contributed by atoms with Crippen LogP contribution in [0.1, 0.15) is 16.8 Å². The van der Waals surface area contributed by atoms with E-state index in [-0.39, 0.29) is 23.9 Å². The summed E-state index contributed by atoms with van der Waals surface area (Å²) >= 11 is 0. The number of nitrogens with one attached hydrogen (secondary N) is 1. The summed E-state index contributed by atoms with van der Waals surface area (Å²) < 4.78 is 26.4. The van der Waals surface area contributed by atoms with Gasteiger partial charge in [0.1, 0.15) is 11.6 Å². The van der Waals surface area contributed by atoms with Gasteiger partial charge in [0.2, 0.25) is 0 Å². The highest BCUT2D eigenvalue weighted by Gasteiger charge is 2.31. The summed E-state index contributed by atoms with van der Waals surface area (Å²) in [4.78, 5) is 16.4. The van der Waals surface area contributed by atoms with Gasteiger partial charge < -0.3 is 10.2 Å². The second-order valence-corrected chi connectivity index (χ2v) is 5.64. The molecule has 1 aromatic rings. The molecule has 0 spiro atoms. The van der Waals surface area contributed by atoms with Gasteiger partial charge in [-0.15, -0.1) is 12.4 Å². The largest absolute Gasteiger partial charge is 0.337 e. The molecule has 3 rings (SSSR count). The SMILES string of the molecule is Cl.O=C(c1cc(F)cc(F)c1)N1CCC(N2CCNCC2)C1. The molecule has 1 atom stereocenters. The molecule has 1 amide bonds. The van der Waals surface area contributed by atoms with Crippen molar-refractivity contribution >= 4 is 18.3 Å². The molecule has 4 nitrogen and oxygen atoms in total. The Bertz CT molecular complexity index is 517. The monoisotopic (exact) mass is 331 g/mol. The Kier molecular flexibility index (Phi) is 5.72. The van der Waals surface area contributed by atoms with Crippen molar-refractivity contribution in [3.8, 4) is 0 Å². The summed E-state index contributed by atoms with van der Waals surface area (Å²) in [6.07, 6.45) is 0.920. The van der Waals surface area contributed by atoms with Crippen molar-refractivity contribution in [2.75, 3.05) is 39.3 Å². The topological polar surface area (TPSA) is 35.6 Å². The van der Waals surface area contributed by atoms with E-state index in [2.05, 4.69) is 10.2 Å². The predicted molar refractivity (Wildman–Crippen MR) is 82.4 cm³/mol. The molecule has 7 heteroatoms. The van der Waals surface area contributed by atoms with E-state index in [4.69, 9.17) is 0 Å². The fourth-order valence-electron chi connectivity index (χ4n) is 3.13. The van der Waals surface area contributed by atoms with Crippen LogP contribution in [0.5, 0.6) is 0 Å². The second-order valence-electron chi connectivity index (χ2n) is 5.64. The minimum Gasteiger partial charge on any atom is -0.337 e. The molecule has 1 unspecified atom stereocenters. The highest BCUT2D eigenvalue weighted by Crippen LogP contribution is 2.19. The zero-order valence-electron chi connectivity index (χ0n) is 12.2. The summed E-state index contributed by atoms with van der Waals surface area (Å²) in [5, 5.41) is 3.30. The molecule has 0 aliphatic carbocycles. The van der Waals surface area contributed by atoms with Gasteiger partial charge in [0, 0.05) is 56.9 Å². The van der Waals surface area contributed by atoms with Crippen LogP contribution in [0, 0.1) is 11.6 Å². The van der Waals surface area contributed by atoms with Crippen LogP contribution >= 0.6 is 12.4 Å². The zero-order valence-corrected chi connectivity index (χ0v) is 13.0. The molecule has 2 aliphatic rings. The van der Waals surface area contributed by atoms with Crippen molar-refractivity contribution in [1.82, 2.24) is 15.1 Å². The Morgan fingerprint density at radius 1 is 1.09 bits per heavy atom. The molecule has 2 aliphatic heterocycles. The first-order chi connectivity index (χ1) is 10.1. The number of carbonyl (C=O) groups is 1. The van der Waals surface area contributed by atoms with Crippen molar-refractivity contribution in [3.63, 3.8) is 0 Å². The van der Waals surface area contributed by atoms with Gasteiger partial charge in [0.25, 0.3) is 5.91 Å². The summed E-state index contributed by atoms with van der Waals surface area (Å²) in [5.74, 6) is -1.71. The van der Waals surface area contributed by atoms with E-state index in [1.54, 1.807) is 4.90 Å². The van der Waals surface area contributed by atoms with E-state index in [1.165, 1.54) is 0 Å². The van der Waals surface area contributed by atoms with Crippen LogP contribution < -0.4 is 5.32 Å². The van der Waals surface area contributed by atoms with Crippen molar-refractivity contribution in [3.05, 3.63) is 35.4 Å². The van der Waals surface area contributed by atoms with E-state index < -0.39 is 11.6 Å². The van der Waals surface area contributed by atoms with E-state index in [0.717, 1.165) is 50.8 Å². The number of halogens is 3. The van der Waals surface area contributed by atoms with Crippen LogP contribution in [0.25, 0.3) is 0 Å². The third-order valence-electron chi connectivity index (χ3n) is 4.23. The van der Waals surface area contributed by atoms with Gasteiger partial charge in [-0.3, -0.25) is 9.69 Å². The minimum atomic E-state index is -0.712. The van der Waals surface area contributed by atoms with Crippen molar-refractivity contribution < 1.29 is 13.6 Å². The van der Waals surface area contributed by atoms with E-state index in [9.17, 15) is 13.6 Å². The maximum Gasteiger partial charge on any atom is 0.254 e. The van der Waals surface area contributed by atoms with E-state index in [1.807, 2.05) is 0 Å². The normalized spacial score (nSPS) is 22.5. The molecule has 2 saturated heterocycles. The molecule has 0 bridgehead atoms. The first-order valence-corrected chi connectivity index (χ1v) is 7.33. The first-order valence-electron chi connectivity index (χ1n) is 7.33. The number of hydrogen-bond donors (Lipinski definition) is 1. The fraction of sp³-hybridized carbons (Fsp3) is 0.533. The van der Waals surface area contributed by atoms with Gasteiger partial charge in [-0.25, -0.2) is 8.78 Å². The Morgan fingerprint density at radius 3 is 2.36 bits per heavy atom. The van der Waals surface area contributed by atoms with Gasteiger partial charge in [0.05, 0.1) is 0 Å². The smallest absolute Gasteiger partial charge is 0.254 e. The lowest BCUT2D eigenvalue weighted by molar-refractivity contribution is 0.0772. The van der Waals surface area contributed by atoms with Crippen LogP contribution in [0.2, 0.25) is 0 Å². The fourth-order valence-corrected chi connectivity index (χ4v) is 3.13. The lowest BCUT2D eigenvalue weighted by Gasteiger charge is -2.32. The number of hydrogen-bond acceptors (Lipinski definition) is 3. The second kappa shape index (κ2) is 7.35. The van der Waals surface area contributed by atoms with E-state index >= 15 is 0 Å². The lowest BCUT2D eigenvalue weighted by Crippen LogP contribution is -2.49. The van der Waals surface area contributed by atoms with Crippen LogP contribution in [-0.4, -0.2) is 61.0 Å². The number of rotatable bonds is 2. The number of benzene rings is 1. The Hall–Kier alpha value is -1.24. The number of carbonyl (C=O) groups excluding carboxylic acids is 1. The van der Waals surface area contributed by atoms with Gasteiger partial charge in [0.15, 0.2) is 0 Å². The van der Waals surface area contributed by atoms with Crippen LogP contribution in [-0.2, 0) is 0 Å². The number of amides is 1. The molecule has 0 radical (unpaired) electrons. The maximum absolute atomic E-state index is 13.2. The van der Waals surface area contributed by atoms with Crippen molar-refractivity contribution in [2.45, 2.75) is 12.5 Å². The molecule has 22 heavy (non-hydrogen) atoms. The third-order valence-corrected chi connectivity index (χ3v) is 4.23. The van der Waals surface area contributed by atoms with Gasteiger partial charge in [-0.1, -0.05) is 0 Å². The predicted octanol–water partition coefficient (Wildman–Crippen LogP) is 1.51. The number of piperazine rings is 1. The first kappa shape index (κ1) is 17.1. The molecule has 1 aromatic carbocycles. The van der Waals surface area contributed by atoms with Crippen molar-refractivity contribution in [2.24, 2.45) is 0 Å². The number of likely N-dealkylation sites (tertiary alicyclic amines) is 1. The molecule has 122 valence electrons. The minimum absolute atomic E-state index is 0. The number of nitrogens with zero attached hydrogens (tertiary/aromatic N) is 2. The van der Waals surface area contributed by atoms with Gasteiger partial charge in [-0.05, 0) is 18.6 Å². The molecule has 0 saturated carbocycles. The highest BCUT2D eigenvalue weighted by atomic mass is 35.5. The highest BCUT2D eigenvalue weighted by molar-refractivity contribution is 5.94. The summed E-state index contributed by atoms with van der Waals surface area (Å²) in [7, 11) is 0. The molecule has 2 heterocycles.